The first-order valence-corrected chi connectivity index (χ1v) is 3.74. The van der Waals surface area contributed by atoms with Crippen molar-refractivity contribution in [3.8, 4) is 11.5 Å². The first-order valence-electron chi connectivity index (χ1n) is 3.74. The van der Waals surface area contributed by atoms with Gasteiger partial charge in [-0.2, -0.15) is 0 Å². The number of methoxy groups -OCH3 is 1. The molecular weight excluding hydrogens is 279 g/mol. The molecule has 0 radical (unpaired) electrons. The Morgan fingerprint density at radius 1 is 1.54 bits per heavy atom. The number of allylic oxidation sites excluding steroid dienone is 1. The van der Waals surface area contributed by atoms with Crippen molar-refractivity contribution in [1.82, 2.24) is 0 Å². The lowest BCUT2D eigenvalue weighted by atomic mass is 10.1. The van der Waals surface area contributed by atoms with Gasteiger partial charge in [0, 0.05) is 0 Å². The maximum absolute atomic E-state index is 9.25. The number of aromatic hydroxyl groups is 1. The van der Waals surface area contributed by atoms with Crippen molar-refractivity contribution in [2.45, 2.75) is 6.42 Å². The maximum atomic E-state index is 9.25. The van der Waals surface area contributed by atoms with Crippen LogP contribution in [0, 0.1) is 0 Å². The molecule has 13 heavy (non-hydrogen) atoms. The van der Waals surface area contributed by atoms with E-state index in [-0.39, 0.29) is 29.7 Å². The molecular formula is C10H13IO2. The molecule has 1 aromatic carbocycles. The Morgan fingerprint density at radius 3 is 2.77 bits per heavy atom. The first-order chi connectivity index (χ1) is 5.77. The van der Waals surface area contributed by atoms with Gasteiger partial charge in [-0.05, 0) is 24.1 Å². The van der Waals surface area contributed by atoms with E-state index in [4.69, 9.17) is 4.74 Å². The molecule has 0 saturated carbocycles. The molecule has 0 unspecified atom stereocenters. The van der Waals surface area contributed by atoms with E-state index < -0.39 is 0 Å². The highest BCUT2D eigenvalue weighted by atomic mass is 127. The van der Waals surface area contributed by atoms with Crippen molar-refractivity contribution >= 4 is 24.0 Å². The zero-order valence-corrected chi connectivity index (χ0v) is 9.82. The van der Waals surface area contributed by atoms with Crippen LogP contribution in [0.25, 0.3) is 0 Å². The molecule has 1 rings (SSSR count). The van der Waals surface area contributed by atoms with Crippen molar-refractivity contribution in [2.24, 2.45) is 0 Å². The Kier molecular flexibility index (Phi) is 5.53. The van der Waals surface area contributed by atoms with Crippen LogP contribution in [0.1, 0.15) is 5.56 Å². The average Bonchev–Trinajstić information content (AvgIpc) is 2.09. The minimum Gasteiger partial charge on any atom is -0.504 e. The number of phenols is 1. The van der Waals surface area contributed by atoms with Crippen LogP contribution in [-0.2, 0) is 6.42 Å². The SMILES string of the molecule is C=CCc1ccc(O)c(OC)c1.I. The lowest BCUT2D eigenvalue weighted by molar-refractivity contribution is 0.373. The molecule has 0 amide bonds. The molecule has 0 aliphatic heterocycles. The molecule has 1 N–H and O–H groups in total. The van der Waals surface area contributed by atoms with Gasteiger partial charge in [0.1, 0.15) is 0 Å². The molecule has 0 spiro atoms. The number of benzene rings is 1. The molecule has 0 fully saturated rings. The lowest BCUT2D eigenvalue weighted by Crippen LogP contribution is -1.86. The second-order valence-electron chi connectivity index (χ2n) is 2.50. The van der Waals surface area contributed by atoms with Crippen molar-refractivity contribution < 1.29 is 9.84 Å². The fourth-order valence-electron chi connectivity index (χ4n) is 1.02. The summed E-state index contributed by atoms with van der Waals surface area (Å²) in [5.41, 5.74) is 1.08. The van der Waals surface area contributed by atoms with E-state index in [0.29, 0.717) is 5.75 Å². The summed E-state index contributed by atoms with van der Waals surface area (Å²) < 4.78 is 4.95. The third-order valence-corrected chi connectivity index (χ3v) is 1.62. The number of hydrogen-bond donors (Lipinski definition) is 1. The van der Waals surface area contributed by atoms with Crippen molar-refractivity contribution in [2.75, 3.05) is 7.11 Å². The molecule has 0 atom stereocenters. The molecule has 1 aromatic rings. The Hall–Kier alpha value is -0.710. The highest BCUT2D eigenvalue weighted by Crippen LogP contribution is 2.26. The third kappa shape index (κ3) is 3.26. The van der Waals surface area contributed by atoms with E-state index in [0.717, 1.165) is 12.0 Å². The molecule has 0 aromatic heterocycles. The summed E-state index contributed by atoms with van der Waals surface area (Å²) in [4.78, 5) is 0. The highest BCUT2D eigenvalue weighted by Gasteiger charge is 2.00. The summed E-state index contributed by atoms with van der Waals surface area (Å²) in [6.07, 6.45) is 2.60. The van der Waals surface area contributed by atoms with Crippen molar-refractivity contribution in [1.29, 1.82) is 0 Å². The van der Waals surface area contributed by atoms with Crippen LogP contribution in [-0.4, -0.2) is 12.2 Å². The molecule has 0 heterocycles. The van der Waals surface area contributed by atoms with E-state index in [9.17, 15) is 5.11 Å². The fourth-order valence-corrected chi connectivity index (χ4v) is 1.02. The minimum atomic E-state index is 0. The number of halogens is 1. The minimum absolute atomic E-state index is 0. The number of hydrogen-bond acceptors (Lipinski definition) is 2. The third-order valence-electron chi connectivity index (χ3n) is 1.62. The second kappa shape index (κ2) is 5.85. The predicted octanol–water partition coefficient (Wildman–Crippen LogP) is 2.75. The predicted molar refractivity (Wildman–Crippen MR) is 64.0 cm³/mol. The second-order valence-corrected chi connectivity index (χ2v) is 2.50. The monoisotopic (exact) mass is 292 g/mol. The van der Waals surface area contributed by atoms with Gasteiger partial charge in [0.05, 0.1) is 7.11 Å². The molecule has 0 bridgehead atoms. The highest BCUT2D eigenvalue weighted by molar-refractivity contribution is 14.0. The summed E-state index contributed by atoms with van der Waals surface area (Å²) >= 11 is 0. The summed E-state index contributed by atoms with van der Waals surface area (Å²) in [6.45, 7) is 3.63. The van der Waals surface area contributed by atoms with E-state index >= 15 is 0 Å². The van der Waals surface area contributed by atoms with E-state index in [1.54, 1.807) is 12.1 Å². The van der Waals surface area contributed by atoms with Crippen molar-refractivity contribution in [3.63, 3.8) is 0 Å². The normalized spacial score (nSPS) is 8.69. The van der Waals surface area contributed by atoms with Crippen molar-refractivity contribution in [3.05, 3.63) is 36.4 Å². The average molecular weight is 292 g/mol. The molecule has 3 heteroatoms. The van der Waals surface area contributed by atoms with Crippen LogP contribution >= 0.6 is 24.0 Å². The van der Waals surface area contributed by atoms with Crippen LogP contribution in [0.5, 0.6) is 11.5 Å². The van der Waals surface area contributed by atoms with Gasteiger partial charge in [0.25, 0.3) is 0 Å². The molecule has 0 aliphatic rings. The van der Waals surface area contributed by atoms with Gasteiger partial charge in [-0.15, -0.1) is 30.6 Å². The van der Waals surface area contributed by atoms with E-state index in [1.807, 2.05) is 12.1 Å². The van der Waals surface area contributed by atoms with Crippen LogP contribution in [0.3, 0.4) is 0 Å². The smallest absolute Gasteiger partial charge is 0.160 e. The largest absolute Gasteiger partial charge is 0.504 e. The molecule has 0 saturated heterocycles. The zero-order valence-electron chi connectivity index (χ0n) is 7.49. The lowest BCUT2D eigenvalue weighted by Gasteiger charge is -2.04. The van der Waals surface area contributed by atoms with Crippen LogP contribution in [0.15, 0.2) is 30.9 Å². The summed E-state index contributed by atoms with van der Waals surface area (Å²) in [7, 11) is 1.53. The standard InChI is InChI=1S/C10H12O2.HI/c1-3-4-8-5-6-9(11)10(7-8)12-2;/h3,5-7,11H,1,4H2,2H3;1H. The topological polar surface area (TPSA) is 29.5 Å². The Balaban J connectivity index is 0.00000144. The van der Waals surface area contributed by atoms with Gasteiger partial charge in [0.15, 0.2) is 11.5 Å². The number of phenolic OH excluding ortho intramolecular Hbond substituents is 1. The van der Waals surface area contributed by atoms with E-state index in [2.05, 4.69) is 6.58 Å². The summed E-state index contributed by atoms with van der Waals surface area (Å²) in [5.74, 6) is 0.680. The Morgan fingerprint density at radius 2 is 2.23 bits per heavy atom. The number of rotatable bonds is 3. The fraction of sp³-hybridized carbons (Fsp3) is 0.200. The van der Waals surface area contributed by atoms with Gasteiger partial charge < -0.3 is 9.84 Å². The van der Waals surface area contributed by atoms with Crippen LogP contribution in [0.4, 0.5) is 0 Å². The van der Waals surface area contributed by atoms with Crippen LogP contribution < -0.4 is 4.74 Å². The van der Waals surface area contributed by atoms with Gasteiger partial charge in [-0.3, -0.25) is 0 Å². The van der Waals surface area contributed by atoms with Crippen LogP contribution in [0.2, 0.25) is 0 Å². The maximum Gasteiger partial charge on any atom is 0.160 e. The summed E-state index contributed by atoms with van der Waals surface area (Å²) in [5, 5.41) is 9.25. The van der Waals surface area contributed by atoms with Gasteiger partial charge in [-0.1, -0.05) is 12.1 Å². The van der Waals surface area contributed by atoms with Gasteiger partial charge in [0.2, 0.25) is 0 Å². The Labute approximate surface area is 95.3 Å². The molecule has 72 valence electrons. The first kappa shape index (κ1) is 12.3. The summed E-state index contributed by atoms with van der Waals surface area (Å²) in [6, 6.07) is 5.27. The molecule has 0 aliphatic carbocycles. The number of ether oxygens (including phenoxy) is 1. The molecule has 2 nitrogen and oxygen atoms in total. The quantitative estimate of drug-likeness (QED) is 0.685. The Bertz CT molecular complexity index is 284. The zero-order chi connectivity index (χ0) is 8.97. The van der Waals surface area contributed by atoms with E-state index in [1.165, 1.54) is 7.11 Å². The van der Waals surface area contributed by atoms with Gasteiger partial charge >= 0.3 is 0 Å². The van der Waals surface area contributed by atoms with Gasteiger partial charge in [-0.25, -0.2) is 0 Å².